The summed E-state index contributed by atoms with van der Waals surface area (Å²) in [6.45, 7) is 6.59. The van der Waals surface area contributed by atoms with Gasteiger partial charge in [-0.25, -0.2) is 4.79 Å². The van der Waals surface area contributed by atoms with E-state index in [2.05, 4.69) is 0 Å². The zero-order valence-electron chi connectivity index (χ0n) is 11.6. The summed E-state index contributed by atoms with van der Waals surface area (Å²) >= 11 is 0. The summed E-state index contributed by atoms with van der Waals surface area (Å²) in [4.78, 5) is 25.0. The molecule has 1 amide bonds. The van der Waals surface area contributed by atoms with Gasteiger partial charge in [0, 0.05) is 25.1 Å². The number of nitrogens with zero attached hydrogens (tertiary/aromatic N) is 1. The maximum atomic E-state index is 12.2. The highest BCUT2D eigenvalue weighted by molar-refractivity contribution is 5.75. The second kappa shape index (κ2) is 5.00. The Morgan fingerprint density at radius 1 is 1.37 bits per heavy atom. The number of aliphatic carboxylic acids is 1. The molecule has 0 aromatic carbocycles. The van der Waals surface area contributed by atoms with Gasteiger partial charge in [0.25, 0.3) is 0 Å². The molecule has 6 heteroatoms. The maximum Gasteiger partial charge on any atom is 0.410 e. The third-order valence-corrected chi connectivity index (χ3v) is 3.62. The van der Waals surface area contributed by atoms with Gasteiger partial charge in [-0.3, -0.25) is 4.79 Å². The summed E-state index contributed by atoms with van der Waals surface area (Å²) in [6.07, 6.45) is 0.251. The normalized spacial score (nSPS) is 30.9. The minimum absolute atomic E-state index is 0.0790. The second-order valence-corrected chi connectivity index (χ2v) is 6.17. The number of carbonyl (C=O) groups excluding carboxylic acids is 1. The van der Waals surface area contributed by atoms with Crippen molar-refractivity contribution in [3.05, 3.63) is 0 Å². The van der Waals surface area contributed by atoms with E-state index in [1.165, 1.54) is 0 Å². The van der Waals surface area contributed by atoms with E-state index in [1.54, 1.807) is 25.7 Å². The lowest BCUT2D eigenvalue weighted by Crippen LogP contribution is -2.44. The topological polar surface area (TPSA) is 76.1 Å². The lowest BCUT2D eigenvalue weighted by molar-refractivity contribution is -0.143. The summed E-state index contributed by atoms with van der Waals surface area (Å²) in [5.41, 5.74) is -0.570. The average molecular weight is 271 g/mol. The quantitative estimate of drug-likeness (QED) is 0.779. The van der Waals surface area contributed by atoms with Crippen LogP contribution in [0.25, 0.3) is 0 Å². The molecule has 1 N–H and O–H groups in total. The first kappa shape index (κ1) is 14.1. The van der Waals surface area contributed by atoms with Crippen LogP contribution in [-0.2, 0) is 14.3 Å². The number of ether oxygens (including phenoxy) is 2. The molecule has 0 aromatic rings. The van der Waals surface area contributed by atoms with Crippen molar-refractivity contribution in [3.63, 3.8) is 0 Å². The van der Waals surface area contributed by atoms with Crippen molar-refractivity contribution in [3.8, 4) is 0 Å². The summed E-state index contributed by atoms with van der Waals surface area (Å²) in [5, 5.41) is 9.25. The molecule has 2 aliphatic rings. The van der Waals surface area contributed by atoms with Gasteiger partial charge in [0.2, 0.25) is 0 Å². The van der Waals surface area contributed by atoms with Gasteiger partial charge in [0.15, 0.2) is 0 Å². The van der Waals surface area contributed by atoms with E-state index >= 15 is 0 Å². The van der Waals surface area contributed by atoms with Crippen LogP contribution in [0.5, 0.6) is 0 Å². The molecule has 0 aliphatic carbocycles. The Hall–Kier alpha value is -1.30. The molecular formula is C13H21NO5. The van der Waals surface area contributed by atoms with Crippen LogP contribution >= 0.6 is 0 Å². The molecule has 0 aromatic heterocycles. The van der Waals surface area contributed by atoms with E-state index in [0.29, 0.717) is 19.6 Å². The predicted molar refractivity (Wildman–Crippen MR) is 66.8 cm³/mol. The van der Waals surface area contributed by atoms with Crippen molar-refractivity contribution in [2.75, 3.05) is 19.8 Å². The number of rotatable bonds is 1. The van der Waals surface area contributed by atoms with Crippen LogP contribution in [0.15, 0.2) is 0 Å². The van der Waals surface area contributed by atoms with Gasteiger partial charge in [-0.05, 0) is 27.2 Å². The summed E-state index contributed by atoms with van der Waals surface area (Å²) in [6, 6.07) is -0.0790. The zero-order valence-corrected chi connectivity index (χ0v) is 11.6. The Balaban J connectivity index is 2.12. The van der Waals surface area contributed by atoms with Gasteiger partial charge in [-0.2, -0.15) is 0 Å². The van der Waals surface area contributed by atoms with Crippen LogP contribution < -0.4 is 0 Å². The van der Waals surface area contributed by atoms with Crippen molar-refractivity contribution in [2.45, 2.75) is 38.8 Å². The molecular weight excluding hydrogens is 250 g/mol. The molecule has 0 saturated carbocycles. The molecule has 0 radical (unpaired) electrons. The number of fused-ring (bicyclic) bond motifs is 1. The number of amides is 1. The average Bonchev–Trinajstić information content (AvgIpc) is 2.66. The van der Waals surface area contributed by atoms with E-state index in [-0.39, 0.29) is 18.5 Å². The smallest absolute Gasteiger partial charge is 0.410 e. The van der Waals surface area contributed by atoms with Gasteiger partial charge in [-0.15, -0.1) is 0 Å². The van der Waals surface area contributed by atoms with Gasteiger partial charge in [0.05, 0.1) is 12.5 Å². The first-order valence-electron chi connectivity index (χ1n) is 6.60. The van der Waals surface area contributed by atoms with E-state index in [4.69, 9.17) is 9.47 Å². The number of carboxylic acids is 1. The molecule has 2 saturated heterocycles. The Labute approximate surface area is 112 Å². The highest BCUT2D eigenvalue weighted by atomic mass is 16.6. The molecule has 2 heterocycles. The van der Waals surface area contributed by atoms with Crippen LogP contribution in [0.3, 0.4) is 0 Å². The van der Waals surface area contributed by atoms with E-state index in [9.17, 15) is 14.7 Å². The van der Waals surface area contributed by atoms with E-state index < -0.39 is 23.6 Å². The van der Waals surface area contributed by atoms with Crippen LogP contribution in [0.4, 0.5) is 4.79 Å². The van der Waals surface area contributed by atoms with Gasteiger partial charge < -0.3 is 19.5 Å². The summed E-state index contributed by atoms with van der Waals surface area (Å²) < 4.78 is 10.7. The third kappa shape index (κ3) is 3.00. The van der Waals surface area contributed by atoms with Crippen molar-refractivity contribution >= 4 is 12.1 Å². The Morgan fingerprint density at radius 2 is 2.05 bits per heavy atom. The number of hydrogen-bond donors (Lipinski definition) is 1. The lowest BCUT2D eigenvalue weighted by atomic mass is 9.88. The van der Waals surface area contributed by atoms with Crippen molar-refractivity contribution in [1.82, 2.24) is 4.90 Å². The Kier molecular flexibility index (Phi) is 3.71. The van der Waals surface area contributed by atoms with Gasteiger partial charge in [-0.1, -0.05) is 0 Å². The summed E-state index contributed by atoms with van der Waals surface area (Å²) in [5.74, 6) is -1.55. The van der Waals surface area contributed by atoms with Crippen molar-refractivity contribution in [2.24, 2.45) is 11.8 Å². The van der Waals surface area contributed by atoms with Gasteiger partial charge in [0.1, 0.15) is 5.60 Å². The molecule has 6 nitrogen and oxygen atoms in total. The SMILES string of the molecule is CC(C)(C)OC(=O)N1CC(C(=O)O)C2COCCC21. The number of likely N-dealkylation sites (tertiary alicyclic amines) is 1. The molecule has 3 atom stereocenters. The fourth-order valence-electron chi connectivity index (χ4n) is 2.79. The summed E-state index contributed by atoms with van der Waals surface area (Å²) in [7, 11) is 0. The van der Waals surface area contributed by atoms with Crippen LogP contribution in [0.1, 0.15) is 27.2 Å². The molecule has 108 valence electrons. The largest absolute Gasteiger partial charge is 0.481 e. The Morgan fingerprint density at radius 3 is 2.63 bits per heavy atom. The fraction of sp³-hybridized carbons (Fsp3) is 0.846. The van der Waals surface area contributed by atoms with E-state index in [0.717, 1.165) is 0 Å². The first-order chi connectivity index (χ1) is 8.79. The number of carbonyl (C=O) groups is 2. The molecule has 2 aliphatic heterocycles. The standard InChI is InChI=1S/C13H21NO5/c1-13(2,3)19-12(17)14-6-8(11(15)16)9-7-18-5-4-10(9)14/h8-10H,4-7H2,1-3H3,(H,15,16). The monoisotopic (exact) mass is 271 g/mol. The predicted octanol–water partition coefficient (Wildman–Crippen LogP) is 1.34. The number of carboxylic acid groups (broad SMARTS) is 1. The van der Waals surface area contributed by atoms with E-state index in [1.807, 2.05) is 0 Å². The molecule has 19 heavy (non-hydrogen) atoms. The molecule has 0 bridgehead atoms. The first-order valence-corrected chi connectivity index (χ1v) is 6.60. The highest BCUT2D eigenvalue weighted by Crippen LogP contribution is 2.35. The maximum absolute atomic E-state index is 12.2. The van der Waals surface area contributed by atoms with Crippen molar-refractivity contribution < 1.29 is 24.2 Å². The lowest BCUT2D eigenvalue weighted by Gasteiger charge is -2.33. The van der Waals surface area contributed by atoms with Crippen LogP contribution in [0, 0.1) is 11.8 Å². The van der Waals surface area contributed by atoms with Crippen LogP contribution in [-0.4, -0.2) is 53.5 Å². The molecule has 2 rings (SSSR count). The fourth-order valence-corrected chi connectivity index (χ4v) is 2.79. The van der Waals surface area contributed by atoms with Crippen LogP contribution in [0.2, 0.25) is 0 Å². The Bertz CT molecular complexity index is 376. The minimum Gasteiger partial charge on any atom is -0.481 e. The third-order valence-electron chi connectivity index (χ3n) is 3.62. The number of hydrogen-bond acceptors (Lipinski definition) is 4. The second-order valence-electron chi connectivity index (χ2n) is 6.17. The molecule has 3 unspecified atom stereocenters. The van der Waals surface area contributed by atoms with Gasteiger partial charge >= 0.3 is 12.1 Å². The zero-order chi connectivity index (χ0) is 14.2. The minimum atomic E-state index is -0.869. The molecule has 2 fully saturated rings. The van der Waals surface area contributed by atoms with Crippen molar-refractivity contribution in [1.29, 1.82) is 0 Å². The molecule has 0 spiro atoms. The highest BCUT2D eigenvalue weighted by Gasteiger charge is 2.49.